The van der Waals surface area contributed by atoms with Crippen molar-refractivity contribution in [2.75, 3.05) is 0 Å². The molecule has 0 radical (unpaired) electrons. The summed E-state index contributed by atoms with van der Waals surface area (Å²) in [5.74, 6) is 0. The van der Waals surface area contributed by atoms with Crippen LogP contribution in [0.5, 0.6) is 0 Å². The van der Waals surface area contributed by atoms with E-state index in [1.54, 1.807) is 11.1 Å². The third-order valence-corrected chi connectivity index (χ3v) is 3.35. The van der Waals surface area contributed by atoms with Crippen LogP contribution < -0.4 is 5.73 Å². The quantitative estimate of drug-likeness (QED) is 0.722. The summed E-state index contributed by atoms with van der Waals surface area (Å²) in [7, 11) is 0. The summed E-state index contributed by atoms with van der Waals surface area (Å²) in [5.41, 5.74) is 11.8. The van der Waals surface area contributed by atoms with Crippen LogP contribution in [0.3, 0.4) is 0 Å². The second kappa shape index (κ2) is 3.74. The summed E-state index contributed by atoms with van der Waals surface area (Å²) < 4.78 is 0. The minimum absolute atomic E-state index is 0.169. The number of benzene rings is 1. The average molecular weight is 189 g/mol. The van der Waals surface area contributed by atoms with E-state index in [2.05, 4.69) is 26.0 Å². The van der Waals surface area contributed by atoms with Crippen LogP contribution in [0.15, 0.2) is 12.1 Å². The number of hydrogen-bond donors (Lipinski definition) is 1. The lowest BCUT2D eigenvalue weighted by Crippen LogP contribution is -2.12. The van der Waals surface area contributed by atoms with Crippen molar-refractivity contribution in [3.8, 4) is 0 Å². The van der Waals surface area contributed by atoms with Gasteiger partial charge in [-0.05, 0) is 61.8 Å². The molecule has 1 aliphatic rings. The second-order valence-corrected chi connectivity index (χ2v) is 4.41. The molecule has 1 unspecified atom stereocenters. The van der Waals surface area contributed by atoms with Gasteiger partial charge >= 0.3 is 0 Å². The van der Waals surface area contributed by atoms with Crippen molar-refractivity contribution < 1.29 is 0 Å². The Balaban J connectivity index is 2.49. The highest BCUT2D eigenvalue weighted by Crippen LogP contribution is 2.28. The predicted molar refractivity (Wildman–Crippen MR) is 60.4 cm³/mol. The molecular weight excluding hydrogens is 170 g/mol. The summed E-state index contributed by atoms with van der Waals surface area (Å²) in [4.78, 5) is 0. The number of hydrogen-bond acceptors (Lipinski definition) is 1. The zero-order valence-corrected chi connectivity index (χ0v) is 9.14. The van der Waals surface area contributed by atoms with E-state index in [9.17, 15) is 0 Å². The molecule has 0 spiro atoms. The maximum absolute atomic E-state index is 5.95. The van der Waals surface area contributed by atoms with Gasteiger partial charge in [-0.25, -0.2) is 0 Å². The zero-order chi connectivity index (χ0) is 10.1. The summed E-state index contributed by atoms with van der Waals surface area (Å²) in [6.07, 6.45) is 5.21. The van der Waals surface area contributed by atoms with Crippen LogP contribution in [-0.4, -0.2) is 0 Å². The van der Waals surface area contributed by atoms with Crippen LogP contribution >= 0.6 is 0 Å². The Morgan fingerprint density at radius 1 is 1.21 bits per heavy atom. The van der Waals surface area contributed by atoms with Crippen LogP contribution in [0, 0.1) is 6.92 Å². The highest BCUT2D eigenvalue weighted by molar-refractivity contribution is 5.42. The van der Waals surface area contributed by atoms with Crippen molar-refractivity contribution in [2.45, 2.75) is 45.6 Å². The molecule has 0 saturated heterocycles. The SMILES string of the molecule is Cc1c(C(C)N)ccc2c1CCCC2. The summed E-state index contributed by atoms with van der Waals surface area (Å²) in [5, 5.41) is 0. The third kappa shape index (κ3) is 1.57. The lowest BCUT2D eigenvalue weighted by atomic mass is 9.85. The standard InChI is InChI=1S/C13H19N/c1-9-12(10(2)14)8-7-11-5-3-4-6-13(9)11/h7-8,10H,3-6,14H2,1-2H3. The van der Waals surface area contributed by atoms with E-state index in [0.29, 0.717) is 0 Å². The van der Waals surface area contributed by atoms with E-state index in [-0.39, 0.29) is 6.04 Å². The van der Waals surface area contributed by atoms with E-state index >= 15 is 0 Å². The van der Waals surface area contributed by atoms with Crippen molar-refractivity contribution in [1.82, 2.24) is 0 Å². The average Bonchev–Trinajstić information content (AvgIpc) is 2.18. The third-order valence-electron chi connectivity index (χ3n) is 3.35. The lowest BCUT2D eigenvalue weighted by molar-refractivity contribution is 0.676. The zero-order valence-electron chi connectivity index (χ0n) is 9.14. The Hall–Kier alpha value is -0.820. The molecule has 1 aromatic rings. The minimum atomic E-state index is 0.169. The maximum Gasteiger partial charge on any atom is 0.0268 e. The van der Waals surface area contributed by atoms with Crippen LogP contribution in [0.25, 0.3) is 0 Å². The molecule has 1 heteroatoms. The molecule has 0 aliphatic heterocycles. The van der Waals surface area contributed by atoms with Gasteiger partial charge in [-0.15, -0.1) is 0 Å². The topological polar surface area (TPSA) is 26.0 Å². The van der Waals surface area contributed by atoms with Gasteiger partial charge in [0.2, 0.25) is 0 Å². The fourth-order valence-corrected chi connectivity index (χ4v) is 2.52. The minimum Gasteiger partial charge on any atom is -0.324 e. The smallest absolute Gasteiger partial charge is 0.0268 e. The maximum atomic E-state index is 5.95. The molecule has 1 atom stereocenters. The lowest BCUT2D eigenvalue weighted by Gasteiger charge is -2.21. The van der Waals surface area contributed by atoms with Crippen molar-refractivity contribution in [1.29, 1.82) is 0 Å². The normalized spacial score (nSPS) is 17.6. The second-order valence-electron chi connectivity index (χ2n) is 4.41. The number of fused-ring (bicyclic) bond motifs is 1. The Bertz CT molecular complexity index is 339. The first-order valence-electron chi connectivity index (χ1n) is 5.57. The summed E-state index contributed by atoms with van der Waals surface area (Å²) >= 11 is 0. The van der Waals surface area contributed by atoms with E-state index in [0.717, 1.165) is 0 Å². The first-order valence-corrected chi connectivity index (χ1v) is 5.57. The highest BCUT2D eigenvalue weighted by atomic mass is 14.6. The van der Waals surface area contributed by atoms with E-state index < -0.39 is 0 Å². The molecule has 2 rings (SSSR count). The fraction of sp³-hybridized carbons (Fsp3) is 0.538. The highest BCUT2D eigenvalue weighted by Gasteiger charge is 2.14. The number of nitrogens with two attached hydrogens (primary N) is 1. The van der Waals surface area contributed by atoms with Gasteiger partial charge in [0.1, 0.15) is 0 Å². The predicted octanol–water partition coefficient (Wildman–Crippen LogP) is 2.89. The van der Waals surface area contributed by atoms with E-state index in [1.807, 2.05) is 0 Å². The molecule has 1 aliphatic carbocycles. The van der Waals surface area contributed by atoms with Crippen molar-refractivity contribution in [2.24, 2.45) is 5.73 Å². The molecule has 1 aromatic carbocycles. The summed E-state index contributed by atoms with van der Waals surface area (Å²) in [6, 6.07) is 4.66. The molecule has 0 aromatic heterocycles. The van der Waals surface area contributed by atoms with Gasteiger partial charge in [0.25, 0.3) is 0 Å². The molecular formula is C13H19N. The molecule has 0 saturated carbocycles. The Morgan fingerprint density at radius 3 is 2.64 bits per heavy atom. The van der Waals surface area contributed by atoms with E-state index in [1.165, 1.54) is 36.8 Å². The molecule has 0 fully saturated rings. The van der Waals surface area contributed by atoms with Crippen molar-refractivity contribution >= 4 is 0 Å². The monoisotopic (exact) mass is 189 g/mol. The van der Waals surface area contributed by atoms with Crippen molar-refractivity contribution in [3.05, 3.63) is 34.4 Å². The Labute approximate surface area is 86.3 Å². The first kappa shape index (κ1) is 9.72. The molecule has 0 amide bonds. The number of rotatable bonds is 1. The molecule has 1 nitrogen and oxygen atoms in total. The van der Waals surface area contributed by atoms with E-state index in [4.69, 9.17) is 5.73 Å². The van der Waals surface area contributed by atoms with Gasteiger partial charge in [-0.1, -0.05) is 12.1 Å². The van der Waals surface area contributed by atoms with Gasteiger partial charge < -0.3 is 5.73 Å². The van der Waals surface area contributed by atoms with Crippen molar-refractivity contribution in [3.63, 3.8) is 0 Å². The van der Waals surface area contributed by atoms with Gasteiger partial charge in [-0.2, -0.15) is 0 Å². The van der Waals surface area contributed by atoms with Gasteiger partial charge in [0.15, 0.2) is 0 Å². The largest absolute Gasteiger partial charge is 0.324 e. The Morgan fingerprint density at radius 2 is 1.93 bits per heavy atom. The van der Waals surface area contributed by atoms with Gasteiger partial charge in [-0.3, -0.25) is 0 Å². The van der Waals surface area contributed by atoms with Gasteiger partial charge in [0, 0.05) is 6.04 Å². The molecule has 0 bridgehead atoms. The van der Waals surface area contributed by atoms with Crippen LogP contribution in [-0.2, 0) is 12.8 Å². The van der Waals surface area contributed by atoms with Crippen LogP contribution in [0.4, 0.5) is 0 Å². The molecule has 2 N–H and O–H groups in total. The fourth-order valence-electron chi connectivity index (χ4n) is 2.52. The molecule has 76 valence electrons. The number of aryl methyl sites for hydroxylation is 1. The Kier molecular flexibility index (Phi) is 2.60. The first-order chi connectivity index (χ1) is 6.70. The van der Waals surface area contributed by atoms with Crippen LogP contribution in [0.1, 0.15) is 48.1 Å². The molecule has 14 heavy (non-hydrogen) atoms. The summed E-state index contributed by atoms with van der Waals surface area (Å²) in [6.45, 7) is 4.29. The molecule has 0 heterocycles. The van der Waals surface area contributed by atoms with Gasteiger partial charge in [0.05, 0.1) is 0 Å². The van der Waals surface area contributed by atoms with Crippen LogP contribution in [0.2, 0.25) is 0 Å².